The van der Waals surface area contributed by atoms with E-state index in [0.29, 0.717) is 12.1 Å². The van der Waals surface area contributed by atoms with E-state index in [-0.39, 0.29) is 11.9 Å². The number of ether oxygens (including phenoxy) is 1. The largest absolute Gasteiger partial charge is 0.468 e. The van der Waals surface area contributed by atoms with Gasteiger partial charge in [-0.15, -0.1) is 11.8 Å². The number of nitrogens with zero attached hydrogens (tertiary/aromatic N) is 3. The van der Waals surface area contributed by atoms with Gasteiger partial charge in [-0.25, -0.2) is 9.97 Å². The van der Waals surface area contributed by atoms with E-state index < -0.39 is 5.25 Å². The minimum atomic E-state index is -0.412. The SMILES string of the molecule is COC(=O)C(C)Sc1ccccc1C(=O)NCc1ccc(-n2cnc3ccccc32)nc1. The Morgan fingerprint density at radius 2 is 1.84 bits per heavy atom. The highest BCUT2D eigenvalue weighted by molar-refractivity contribution is 8.00. The summed E-state index contributed by atoms with van der Waals surface area (Å²) in [6, 6.07) is 18.9. The van der Waals surface area contributed by atoms with E-state index in [1.165, 1.54) is 18.9 Å². The van der Waals surface area contributed by atoms with Crippen molar-refractivity contribution in [3.05, 3.63) is 84.3 Å². The van der Waals surface area contributed by atoms with Crippen molar-refractivity contribution in [2.24, 2.45) is 0 Å². The average molecular weight is 447 g/mol. The zero-order valence-corrected chi connectivity index (χ0v) is 18.5. The molecule has 2 aromatic carbocycles. The minimum absolute atomic E-state index is 0.213. The lowest BCUT2D eigenvalue weighted by Gasteiger charge is -2.13. The second-order valence-corrected chi connectivity index (χ2v) is 8.47. The lowest BCUT2D eigenvalue weighted by molar-refractivity contribution is -0.139. The highest BCUT2D eigenvalue weighted by Gasteiger charge is 2.19. The predicted octanol–water partition coefficient (Wildman–Crippen LogP) is 4.00. The second kappa shape index (κ2) is 9.65. The fourth-order valence-electron chi connectivity index (χ4n) is 3.24. The lowest BCUT2D eigenvalue weighted by atomic mass is 10.2. The number of hydrogen-bond donors (Lipinski definition) is 1. The average Bonchev–Trinajstić information content (AvgIpc) is 3.27. The summed E-state index contributed by atoms with van der Waals surface area (Å²) in [6.07, 6.45) is 3.49. The third kappa shape index (κ3) is 4.65. The monoisotopic (exact) mass is 446 g/mol. The highest BCUT2D eigenvalue weighted by Crippen LogP contribution is 2.27. The van der Waals surface area contributed by atoms with Crippen LogP contribution in [0.2, 0.25) is 0 Å². The van der Waals surface area contributed by atoms with E-state index in [4.69, 9.17) is 4.74 Å². The topological polar surface area (TPSA) is 86.1 Å². The van der Waals surface area contributed by atoms with Crippen molar-refractivity contribution < 1.29 is 14.3 Å². The first-order chi connectivity index (χ1) is 15.6. The first-order valence-corrected chi connectivity index (χ1v) is 10.9. The number of amides is 1. The molecule has 0 bridgehead atoms. The molecule has 8 heteroatoms. The molecule has 1 unspecified atom stereocenters. The number of esters is 1. The van der Waals surface area contributed by atoms with E-state index in [2.05, 4.69) is 15.3 Å². The number of carbonyl (C=O) groups excluding carboxylic acids is 2. The van der Waals surface area contributed by atoms with Crippen LogP contribution >= 0.6 is 11.8 Å². The van der Waals surface area contributed by atoms with E-state index in [1.807, 2.05) is 53.1 Å². The number of methoxy groups -OCH3 is 1. The Kier molecular flexibility index (Phi) is 6.51. The number of pyridine rings is 1. The first kappa shape index (κ1) is 21.6. The Bertz CT molecular complexity index is 1250. The van der Waals surface area contributed by atoms with Crippen molar-refractivity contribution in [3.8, 4) is 5.82 Å². The van der Waals surface area contributed by atoms with Crippen molar-refractivity contribution in [2.45, 2.75) is 23.6 Å². The van der Waals surface area contributed by atoms with Crippen LogP contribution in [0, 0.1) is 0 Å². The molecule has 1 amide bonds. The number of aromatic nitrogens is 3. The summed E-state index contributed by atoms with van der Waals surface area (Å²) >= 11 is 1.30. The number of benzene rings is 2. The van der Waals surface area contributed by atoms with Gasteiger partial charge in [-0.3, -0.25) is 14.2 Å². The van der Waals surface area contributed by atoms with Crippen molar-refractivity contribution in [1.82, 2.24) is 19.9 Å². The number of fused-ring (bicyclic) bond motifs is 1. The van der Waals surface area contributed by atoms with Gasteiger partial charge in [0.05, 0.1) is 23.7 Å². The molecule has 162 valence electrons. The van der Waals surface area contributed by atoms with Crippen LogP contribution in [0.3, 0.4) is 0 Å². The number of carbonyl (C=O) groups is 2. The second-order valence-electron chi connectivity index (χ2n) is 7.09. The molecular weight excluding hydrogens is 424 g/mol. The van der Waals surface area contributed by atoms with Crippen molar-refractivity contribution in [2.75, 3.05) is 7.11 Å². The fraction of sp³-hybridized carbons (Fsp3) is 0.167. The van der Waals surface area contributed by atoms with Gasteiger partial charge in [-0.2, -0.15) is 0 Å². The molecule has 0 saturated carbocycles. The van der Waals surface area contributed by atoms with E-state index in [9.17, 15) is 9.59 Å². The van der Waals surface area contributed by atoms with E-state index in [1.54, 1.807) is 31.6 Å². The van der Waals surface area contributed by atoms with Gasteiger partial charge in [0.15, 0.2) is 0 Å². The summed E-state index contributed by atoms with van der Waals surface area (Å²) in [4.78, 5) is 34.2. The Balaban J connectivity index is 1.43. The van der Waals surface area contributed by atoms with E-state index in [0.717, 1.165) is 27.3 Å². The Morgan fingerprint density at radius 3 is 2.62 bits per heavy atom. The Labute approximate surface area is 189 Å². The summed E-state index contributed by atoms with van der Waals surface area (Å²) in [5.41, 5.74) is 3.28. The van der Waals surface area contributed by atoms with Gasteiger partial charge in [-0.1, -0.05) is 30.3 Å². The van der Waals surface area contributed by atoms with E-state index >= 15 is 0 Å². The van der Waals surface area contributed by atoms with Gasteiger partial charge in [0.25, 0.3) is 5.91 Å². The third-order valence-electron chi connectivity index (χ3n) is 4.93. The summed E-state index contributed by atoms with van der Waals surface area (Å²) in [5, 5.41) is 2.52. The molecule has 2 heterocycles. The normalized spacial score (nSPS) is 11.8. The summed E-state index contributed by atoms with van der Waals surface area (Å²) in [7, 11) is 1.35. The molecule has 0 aliphatic rings. The quantitative estimate of drug-likeness (QED) is 0.341. The maximum absolute atomic E-state index is 12.8. The first-order valence-electron chi connectivity index (χ1n) is 10.1. The van der Waals surface area contributed by atoms with Gasteiger partial charge in [0.2, 0.25) is 0 Å². The molecule has 0 fully saturated rings. The van der Waals surface area contributed by atoms with Crippen LogP contribution in [0.25, 0.3) is 16.9 Å². The third-order valence-corrected chi connectivity index (χ3v) is 6.09. The van der Waals surface area contributed by atoms with Crippen LogP contribution in [-0.4, -0.2) is 38.8 Å². The Morgan fingerprint density at radius 1 is 1.06 bits per heavy atom. The summed E-state index contributed by atoms with van der Waals surface area (Å²) in [5.74, 6) is 0.212. The van der Waals surface area contributed by atoms with Gasteiger partial charge < -0.3 is 10.1 Å². The van der Waals surface area contributed by atoms with Crippen LogP contribution in [0.1, 0.15) is 22.8 Å². The van der Waals surface area contributed by atoms with Crippen LogP contribution in [0.15, 0.2) is 78.1 Å². The number of para-hydroxylation sites is 2. The lowest BCUT2D eigenvalue weighted by Crippen LogP contribution is -2.24. The molecule has 0 aliphatic carbocycles. The highest BCUT2D eigenvalue weighted by atomic mass is 32.2. The molecule has 7 nitrogen and oxygen atoms in total. The number of thioether (sulfide) groups is 1. The molecule has 4 aromatic rings. The molecule has 1 atom stereocenters. The Hall–Kier alpha value is -3.65. The van der Waals surface area contributed by atoms with Gasteiger partial charge >= 0.3 is 5.97 Å². The van der Waals surface area contributed by atoms with Crippen LogP contribution in [0.5, 0.6) is 0 Å². The van der Waals surface area contributed by atoms with Gasteiger partial charge in [0, 0.05) is 17.6 Å². The smallest absolute Gasteiger partial charge is 0.318 e. The molecule has 0 aliphatic heterocycles. The summed E-state index contributed by atoms with van der Waals surface area (Å²) < 4.78 is 6.70. The van der Waals surface area contributed by atoms with Gasteiger partial charge in [-0.05, 0) is 42.8 Å². The molecule has 2 aromatic heterocycles. The van der Waals surface area contributed by atoms with Gasteiger partial charge in [0.1, 0.15) is 17.4 Å². The predicted molar refractivity (Wildman–Crippen MR) is 124 cm³/mol. The molecule has 0 spiro atoms. The van der Waals surface area contributed by atoms with Crippen molar-refractivity contribution >= 4 is 34.7 Å². The fourth-order valence-corrected chi connectivity index (χ4v) is 4.26. The van der Waals surface area contributed by atoms with Crippen molar-refractivity contribution in [1.29, 1.82) is 0 Å². The number of imidazole rings is 1. The minimum Gasteiger partial charge on any atom is -0.468 e. The number of rotatable bonds is 7. The maximum atomic E-state index is 12.8. The molecule has 32 heavy (non-hydrogen) atoms. The maximum Gasteiger partial charge on any atom is 0.318 e. The van der Waals surface area contributed by atoms with Crippen molar-refractivity contribution in [3.63, 3.8) is 0 Å². The zero-order valence-electron chi connectivity index (χ0n) is 17.7. The summed E-state index contributed by atoms with van der Waals surface area (Å²) in [6.45, 7) is 2.09. The number of nitrogens with one attached hydrogen (secondary N) is 1. The zero-order chi connectivity index (χ0) is 22.5. The molecule has 0 radical (unpaired) electrons. The molecule has 0 saturated heterocycles. The molecule has 4 rings (SSSR count). The van der Waals surface area contributed by atoms with Crippen LogP contribution in [-0.2, 0) is 16.1 Å². The molecular formula is C24H22N4O3S. The van der Waals surface area contributed by atoms with Crippen LogP contribution in [0.4, 0.5) is 0 Å². The number of hydrogen-bond acceptors (Lipinski definition) is 6. The molecule has 1 N–H and O–H groups in total. The van der Waals surface area contributed by atoms with Crippen LogP contribution < -0.4 is 5.32 Å². The standard InChI is InChI=1S/C24H22N4O3S/c1-16(24(30)31-2)32-21-10-6-3-7-18(21)23(29)26-14-17-11-12-22(25-13-17)28-15-27-19-8-4-5-9-20(19)28/h3-13,15-16H,14H2,1-2H3,(H,26,29).